The van der Waals surface area contributed by atoms with Gasteiger partial charge in [-0.3, -0.25) is 4.98 Å². The first-order chi connectivity index (χ1) is 6.07. The predicted molar refractivity (Wildman–Crippen MR) is 51.8 cm³/mol. The molecule has 2 rings (SSSR count). The summed E-state index contributed by atoms with van der Waals surface area (Å²) in [4.78, 5) is 4.30. The van der Waals surface area contributed by atoms with Gasteiger partial charge in [0.25, 0.3) is 0 Å². The number of ether oxygens (including phenoxy) is 1. The second kappa shape index (κ2) is 2.96. The SMILES string of the molecule is CC1(C)Cc2ncc(Cl)cc2CO1. The molecule has 2 heterocycles. The smallest absolute Gasteiger partial charge is 0.0742 e. The van der Waals surface area contributed by atoms with Crippen LogP contribution in [0.2, 0.25) is 5.02 Å². The van der Waals surface area contributed by atoms with Crippen LogP contribution in [0.4, 0.5) is 0 Å². The molecule has 0 aromatic carbocycles. The molecule has 0 spiro atoms. The molecule has 0 N–H and O–H groups in total. The minimum Gasteiger partial charge on any atom is -0.370 e. The second-order valence-electron chi connectivity index (χ2n) is 3.98. The van der Waals surface area contributed by atoms with E-state index in [0.29, 0.717) is 11.6 Å². The van der Waals surface area contributed by atoms with Crippen molar-refractivity contribution in [2.75, 3.05) is 0 Å². The van der Waals surface area contributed by atoms with Crippen LogP contribution in [0.5, 0.6) is 0 Å². The molecular formula is C10H12ClNO. The molecule has 2 nitrogen and oxygen atoms in total. The Morgan fingerprint density at radius 1 is 1.54 bits per heavy atom. The lowest BCUT2D eigenvalue weighted by Crippen LogP contribution is -2.32. The van der Waals surface area contributed by atoms with Gasteiger partial charge in [-0.25, -0.2) is 0 Å². The lowest BCUT2D eigenvalue weighted by molar-refractivity contribution is -0.0412. The van der Waals surface area contributed by atoms with Crippen LogP contribution in [0, 0.1) is 0 Å². The number of aromatic nitrogens is 1. The highest BCUT2D eigenvalue weighted by atomic mass is 35.5. The number of pyridine rings is 1. The molecule has 0 saturated carbocycles. The Hall–Kier alpha value is -0.600. The Labute approximate surface area is 82.9 Å². The molecule has 0 atom stereocenters. The molecule has 3 heteroatoms. The quantitative estimate of drug-likeness (QED) is 0.638. The summed E-state index contributed by atoms with van der Waals surface area (Å²) in [5.74, 6) is 0. The maximum absolute atomic E-state index is 5.83. The van der Waals surface area contributed by atoms with Gasteiger partial charge >= 0.3 is 0 Å². The van der Waals surface area contributed by atoms with Gasteiger partial charge in [0.15, 0.2) is 0 Å². The van der Waals surface area contributed by atoms with Crippen molar-refractivity contribution in [1.82, 2.24) is 4.98 Å². The summed E-state index contributed by atoms with van der Waals surface area (Å²) < 4.78 is 5.65. The Balaban J connectivity index is 2.37. The molecule has 1 aliphatic rings. The highest BCUT2D eigenvalue weighted by Gasteiger charge is 2.26. The van der Waals surface area contributed by atoms with E-state index in [0.717, 1.165) is 17.7 Å². The molecular weight excluding hydrogens is 186 g/mol. The molecule has 0 bridgehead atoms. The highest BCUT2D eigenvalue weighted by Crippen LogP contribution is 2.27. The summed E-state index contributed by atoms with van der Waals surface area (Å²) >= 11 is 5.83. The summed E-state index contributed by atoms with van der Waals surface area (Å²) in [5, 5.41) is 0.682. The zero-order chi connectivity index (χ0) is 9.47. The van der Waals surface area contributed by atoms with E-state index in [1.54, 1.807) is 6.20 Å². The summed E-state index contributed by atoms with van der Waals surface area (Å²) in [6.45, 7) is 4.77. The third-order valence-corrected chi connectivity index (χ3v) is 2.44. The fourth-order valence-corrected chi connectivity index (χ4v) is 1.70. The van der Waals surface area contributed by atoms with Crippen LogP contribution in [0.25, 0.3) is 0 Å². The van der Waals surface area contributed by atoms with E-state index in [2.05, 4.69) is 18.8 Å². The van der Waals surface area contributed by atoms with Crippen LogP contribution < -0.4 is 0 Å². The Morgan fingerprint density at radius 3 is 3.08 bits per heavy atom. The van der Waals surface area contributed by atoms with E-state index >= 15 is 0 Å². The van der Waals surface area contributed by atoms with Crippen molar-refractivity contribution in [3.05, 3.63) is 28.5 Å². The van der Waals surface area contributed by atoms with Gasteiger partial charge in [-0.1, -0.05) is 11.6 Å². The maximum atomic E-state index is 5.83. The first-order valence-corrected chi connectivity index (χ1v) is 4.72. The minimum atomic E-state index is -0.0895. The van der Waals surface area contributed by atoms with Gasteiger partial charge in [0, 0.05) is 23.9 Å². The largest absolute Gasteiger partial charge is 0.370 e. The zero-order valence-corrected chi connectivity index (χ0v) is 8.56. The number of nitrogens with zero attached hydrogens (tertiary/aromatic N) is 1. The number of fused-ring (bicyclic) bond motifs is 1. The van der Waals surface area contributed by atoms with E-state index in [4.69, 9.17) is 16.3 Å². The van der Waals surface area contributed by atoms with E-state index in [1.807, 2.05) is 6.07 Å². The predicted octanol–water partition coefficient (Wildman–Crippen LogP) is 2.59. The van der Waals surface area contributed by atoms with Gasteiger partial charge in [0.05, 0.1) is 17.2 Å². The fraction of sp³-hybridized carbons (Fsp3) is 0.500. The van der Waals surface area contributed by atoms with Crippen LogP contribution in [-0.2, 0) is 17.8 Å². The number of halogens is 1. The van der Waals surface area contributed by atoms with Crippen molar-refractivity contribution in [2.45, 2.75) is 32.5 Å². The lowest BCUT2D eigenvalue weighted by Gasteiger charge is -2.30. The lowest BCUT2D eigenvalue weighted by atomic mass is 9.96. The Kier molecular flexibility index (Phi) is 2.05. The van der Waals surface area contributed by atoms with E-state index in [1.165, 1.54) is 0 Å². The molecule has 0 amide bonds. The van der Waals surface area contributed by atoms with Crippen molar-refractivity contribution >= 4 is 11.6 Å². The molecule has 0 aliphatic carbocycles. The van der Waals surface area contributed by atoms with Crippen molar-refractivity contribution in [1.29, 1.82) is 0 Å². The molecule has 1 aromatic heterocycles. The molecule has 1 aromatic rings. The molecule has 0 unspecified atom stereocenters. The first-order valence-electron chi connectivity index (χ1n) is 4.34. The maximum Gasteiger partial charge on any atom is 0.0742 e. The summed E-state index contributed by atoms with van der Waals surface area (Å²) in [5.41, 5.74) is 2.14. The van der Waals surface area contributed by atoms with Crippen molar-refractivity contribution in [3.63, 3.8) is 0 Å². The normalized spacial score (nSPS) is 19.6. The molecule has 13 heavy (non-hydrogen) atoms. The number of rotatable bonds is 0. The Bertz CT molecular complexity index is 336. The van der Waals surface area contributed by atoms with Crippen molar-refractivity contribution in [3.8, 4) is 0 Å². The molecule has 70 valence electrons. The number of hydrogen-bond donors (Lipinski definition) is 0. The van der Waals surface area contributed by atoms with Crippen molar-refractivity contribution < 1.29 is 4.74 Å². The van der Waals surface area contributed by atoms with E-state index in [9.17, 15) is 0 Å². The monoisotopic (exact) mass is 197 g/mol. The standard InChI is InChI=1S/C10H12ClNO/c1-10(2)4-9-7(6-13-10)3-8(11)5-12-9/h3,5H,4,6H2,1-2H3. The van der Waals surface area contributed by atoms with E-state index < -0.39 is 0 Å². The first kappa shape index (κ1) is 8.97. The van der Waals surface area contributed by atoms with Crippen LogP contribution in [-0.4, -0.2) is 10.6 Å². The summed E-state index contributed by atoms with van der Waals surface area (Å²) in [6.07, 6.45) is 2.56. The molecule has 0 saturated heterocycles. The average Bonchev–Trinajstić information content (AvgIpc) is 2.05. The second-order valence-corrected chi connectivity index (χ2v) is 4.42. The molecule has 0 radical (unpaired) electrons. The van der Waals surface area contributed by atoms with Crippen LogP contribution in [0.3, 0.4) is 0 Å². The van der Waals surface area contributed by atoms with Crippen molar-refractivity contribution in [2.24, 2.45) is 0 Å². The minimum absolute atomic E-state index is 0.0895. The summed E-state index contributed by atoms with van der Waals surface area (Å²) in [6, 6.07) is 1.93. The summed E-state index contributed by atoms with van der Waals surface area (Å²) in [7, 11) is 0. The molecule has 1 aliphatic heterocycles. The highest BCUT2D eigenvalue weighted by molar-refractivity contribution is 6.30. The Morgan fingerprint density at radius 2 is 2.31 bits per heavy atom. The number of hydrogen-bond acceptors (Lipinski definition) is 2. The van der Waals surface area contributed by atoms with Crippen LogP contribution in [0.1, 0.15) is 25.1 Å². The topological polar surface area (TPSA) is 22.1 Å². The van der Waals surface area contributed by atoms with Gasteiger partial charge < -0.3 is 4.74 Å². The van der Waals surface area contributed by atoms with Gasteiger partial charge in [-0.05, 0) is 19.9 Å². The van der Waals surface area contributed by atoms with Crippen LogP contribution >= 0.6 is 11.6 Å². The van der Waals surface area contributed by atoms with Gasteiger partial charge in [0.1, 0.15) is 0 Å². The third-order valence-electron chi connectivity index (χ3n) is 2.24. The van der Waals surface area contributed by atoms with Gasteiger partial charge in [0.2, 0.25) is 0 Å². The van der Waals surface area contributed by atoms with Gasteiger partial charge in [-0.15, -0.1) is 0 Å². The zero-order valence-electron chi connectivity index (χ0n) is 7.80. The fourth-order valence-electron chi connectivity index (χ4n) is 1.52. The van der Waals surface area contributed by atoms with E-state index in [-0.39, 0.29) is 5.60 Å². The third kappa shape index (κ3) is 1.84. The average molecular weight is 198 g/mol. The molecule has 0 fully saturated rings. The van der Waals surface area contributed by atoms with Gasteiger partial charge in [-0.2, -0.15) is 0 Å². The van der Waals surface area contributed by atoms with Crippen LogP contribution in [0.15, 0.2) is 12.3 Å².